The fourth-order valence-corrected chi connectivity index (χ4v) is 3.18. The summed E-state index contributed by atoms with van der Waals surface area (Å²) in [4.78, 5) is 38.9. The van der Waals surface area contributed by atoms with Crippen LogP contribution in [0.4, 0.5) is 16.2 Å². The van der Waals surface area contributed by atoms with E-state index in [-0.39, 0.29) is 22.9 Å². The Hall–Kier alpha value is -2.97. The molecule has 0 bridgehead atoms. The van der Waals surface area contributed by atoms with Crippen molar-refractivity contribution in [2.45, 2.75) is 0 Å². The van der Waals surface area contributed by atoms with E-state index >= 15 is 0 Å². The average molecular weight is 438 g/mol. The number of carbonyl (C=O) groups is 3. The van der Waals surface area contributed by atoms with Crippen LogP contribution in [0.5, 0.6) is 11.5 Å². The Morgan fingerprint density at radius 2 is 1.83 bits per heavy atom. The molecule has 1 saturated heterocycles. The van der Waals surface area contributed by atoms with Gasteiger partial charge in [0.15, 0.2) is 11.5 Å². The molecule has 0 saturated carbocycles. The Balaban J connectivity index is 1.86. The third-order valence-corrected chi connectivity index (χ3v) is 4.87. The first kappa shape index (κ1) is 20.8. The fraction of sp³-hybridized carbons (Fsp3) is 0.211. The van der Waals surface area contributed by atoms with Gasteiger partial charge < -0.3 is 20.1 Å². The number of hydrogen-bond acceptors (Lipinski definition) is 5. The van der Waals surface area contributed by atoms with Crippen molar-refractivity contribution >= 4 is 52.4 Å². The van der Waals surface area contributed by atoms with Crippen LogP contribution in [-0.2, 0) is 9.59 Å². The van der Waals surface area contributed by atoms with Gasteiger partial charge in [-0.2, -0.15) is 0 Å². The van der Waals surface area contributed by atoms with Gasteiger partial charge in [0.25, 0.3) is 0 Å². The van der Waals surface area contributed by atoms with Crippen molar-refractivity contribution in [2.24, 2.45) is 5.92 Å². The Kier molecular flexibility index (Phi) is 6.14. The quantitative estimate of drug-likeness (QED) is 0.699. The van der Waals surface area contributed by atoms with Crippen molar-refractivity contribution in [3.8, 4) is 11.5 Å². The molecular formula is C19H17Cl2N3O5. The Bertz CT molecular complexity index is 982. The molecule has 0 spiro atoms. The van der Waals surface area contributed by atoms with Gasteiger partial charge in [-0.05, 0) is 30.3 Å². The summed E-state index contributed by atoms with van der Waals surface area (Å²) < 4.78 is 10.4. The van der Waals surface area contributed by atoms with Gasteiger partial charge in [0, 0.05) is 17.6 Å². The summed E-state index contributed by atoms with van der Waals surface area (Å²) >= 11 is 12.0. The van der Waals surface area contributed by atoms with Crippen LogP contribution in [0.3, 0.4) is 0 Å². The summed E-state index contributed by atoms with van der Waals surface area (Å²) in [5, 5.41) is 5.77. The topological polar surface area (TPSA) is 97.0 Å². The number of anilines is 2. The predicted molar refractivity (Wildman–Crippen MR) is 109 cm³/mol. The molecule has 1 heterocycles. The standard InChI is InChI=1S/C19H17Cl2N3O5/c1-28-15-6-4-11(8-16(15)29-2)24-18(26)12(9-22-19(24)27)17(25)23-14-7-10(20)3-5-13(14)21/h3-8,12H,9H2,1-2H3,(H,22,27)(H,23,25). The number of nitrogens with one attached hydrogen (secondary N) is 2. The first-order chi connectivity index (χ1) is 13.8. The highest BCUT2D eigenvalue weighted by atomic mass is 35.5. The maximum Gasteiger partial charge on any atom is 0.328 e. The maximum atomic E-state index is 12.9. The largest absolute Gasteiger partial charge is 0.493 e. The van der Waals surface area contributed by atoms with Crippen LogP contribution < -0.4 is 25.0 Å². The Morgan fingerprint density at radius 1 is 1.10 bits per heavy atom. The van der Waals surface area contributed by atoms with E-state index in [1.165, 1.54) is 38.5 Å². The highest BCUT2D eigenvalue weighted by Gasteiger charge is 2.40. The SMILES string of the molecule is COc1ccc(N2C(=O)NCC(C(=O)Nc3cc(Cl)ccc3Cl)C2=O)cc1OC. The van der Waals surface area contributed by atoms with Crippen LogP contribution in [0, 0.1) is 5.92 Å². The van der Waals surface area contributed by atoms with Gasteiger partial charge in [-0.15, -0.1) is 0 Å². The number of nitrogens with zero attached hydrogens (tertiary/aromatic N) is 1. The number of ether oxygens (including phenoxy) is 2. The van der Waals surface area contributed by atoms with Gasteiger partial charge in [-0.25, -0.2) is 9.69 Å². The number of amides is 4. The van der Waals surface area contributed by atoms with E-state index in [0.717, 1.165) is 4.90 Å². The monoisotopic (exact) mass is 437 g/mol. The molecule has 0 radical (unpaired) electrons. The van der Waals surface area contributed by atoms with E-state index in [4.69, 9.17) is 32.7 Å². The van der Waals surface area contributed by atoms with Gasteiger partial charge in [-0.1, -0.05) is 23.2 Å². The van der Waals surface area contributed by atoms with Crippen LogP contribution in [0.1, 0.15) is 0 Å². The van der Waals surface area contributed by atoms with Gasteiger partial charge >= 0.3 is 6.03 Å². The van der Waals surface area contributed by atoms with E-state index in [2.05, 4.69) is 10.6 Å². The summed E-state index contributed by atoms with van der Waals surface area (Å²) in [6.07, 6.45) is 0. The molecule has 1 aliphatic heterocycles. The molecule has 10 heteroatoms. The second-order valence-corrected chi connectivity index (χ2v) is 6.91. The normalized spacial score (nSPS) is 16.3. The molecule has 2 N–H and O–H groups in total. The third-order valence-electron chi connectivity index (χ3n) is 4.31. The number of urea groups is 1. The molecule has 3 rings (SSSR count). The highest BCUT2D eigenvalue weighted by Crippen LogP contribution is 2.33. The molecule has 1 fully saturated rings. The maximum absolute atomic E-state index is 12.9. The summed E-state index contributed by atoms with van der Waals surface area (Å²) in [6, 6.07) is 8.48. The molecule has 1 atom stereocenters. The minimum Gasteiger partial charge on any atom is -0.493 e. The van der Waals surface area contributed by atoms with Crippen LogP contribution in [-0.4, -0.2) is 38.6 Å². The highest BCUT2D eigenvalue weighted by molar-refractivity contribution is 6.36. The van der Waals surface area contributed by atoms with E-state index in [1.807, 2.05) is 0 Å². The van der Waals surface area contributed by atoms with Gasteiger partial charge in [0.2, 0.25) is 11.8 Å². The van der Waals surface area contributed by atoms with Crippen LogP contribution in [0.25, 0.3) is 0 Å². The van der Waals surface area contributed by atoms with E-state index < -0.39 is 23.8 Å². The van der Waals surface area contributed by atoms with Crippen molar-refractivity contribution in [3.63, 3.8) is 0 Å². The molecule has 2 aromatic rings. The lowest BCUT2D eigenvalue weighted by Gasteiger charge is -2.31. The number of hydrogen-bond donors (Lipinski definition) is 2. The number of halogens is 2. The van der Waals surface area contributed by atoms with Gasteiger partial charge in [-0.3, -0.25) is 9.59 Å². The smallest absolute Gasteiger partial charge is 0.328 e. The molecule has 4 amide bonds. The summed E-state index contributed by atoms with van der Waals surface area (Å²) in [7, 11) is 2.91. The third kappa shape index (κ3) is 4.23. The van der Waals surface area contributed by atoms with E-state index in [1.54, 1.807) is 12.1 Å². The summed E-state index contributed by atoms with van der Waals surface area (Å²) in [6.45, 7) is -0.147. The lowest BCUT2D eigenvalue weighted by molar-refractivity contribution is -0.130. The average Bonchev–Trinajstić information content (AvgIpc) is 2.70. The lowest BCUT2D eigenvalue weighted by atomic mass is 10.0. The Labute approximate surface area is 176 Å². The zero-order valence-corrected chi connectivity index (χ0v) is 17.0. The zero-order valence-electron chi connectivity index (χ0n) is 15.5. The molecule has 0 aromatic heterocycles. The molecule has 0 aliphatic carbocycles. The number of rotatable bonds is 5. The van der Waals surface area contributed by atoms with Crippen LogP contribution >= 0.6 is 23.2 Å². The molecule has 1 unspecified atom stereocenters. The van der Waals surface area contributed by atoms with Crippen molar-refractivity contribution < 1.29 is 23.9 Å². The van der Waals surface area contributed by atoms with Gasteiger partial charge in [0.1, 0.15) is 5.92 Å². The zero-order chi connectivity index (χ0) is 21.1. The predicted octanol–water partition coefficient (Wildman–Crippen LogP) is 3.32. The van der Waals surface area contributed by atoms with Crippen molar-refractivity contribution in [2.75, 3.05) is 31.0 Å². The van der Waals surface area contributed by atoms with Crippen LogP contribution in [0.15, 0.2) is 36.4 Å². The number of methoxy groups -OCH3 is 2. The van der Waals surface area contributed by atoms with Crippen molar-refractivity contribution in [3.05, 3.63) is 46.4 Å². The lowest BCUT2D eigenvalue weighted by Crippen LogP contribution is -2.58. The second kappa shape index (κ2) is 8.59. The molecule has 152 valence electrons. The number of benzene rings is 2. The summed E-state index contributed by atoms with van der Waals surface area (Å²) in [5.74, 6) is -1.69. The van der Waals surface area contributed by atoms with E-state index in [9.17, 15) is 14.4 Å². The summed E-state index contributed by atoms with van der Waals surface area (Å²) in [5.41, 5.74) is 0.509. The minimum atomic E-state index is -1.16. The van der Waals surface area contributed by atoms with Crippen molar-refractivity contribution in [1.29, 1.82) is 0 Å². The number of imide groups is 1. The Morgan fingerprint density at radius 3 is 2.52 bits per heavy atom. The van der Waals surface area contributed by atoms with Gasteiger partial charge in [0.05, 0.1) is 30.6 Å². The minimum absolute atomic E-state index is 0.147. The first-order valence-electron chi connectivity index (χ1n) is 8.45. The molecular weight excluding hydrogens is 421 g/mol. The molecule has 8 nitrogen and oxygen atoms in total. The molecule has 29 heavy (non-hydrogen) atoms. The molecule has 2 aromatic carbocycles. The van der Waals surface area contributed by atoms with Crippen LogP contribution in [0.2, 0.25) is 10.0 Å². The number of carbonyl (C=O) groups excluding carboxylic acids is 3. The first-order valence-corrected chi connectivity index (χ1v) is 9.21. The van der Waals surface area contributed by atoms with Crippen molar-refractivity contribution in [1.82, 2.24) is 5.32 Å². The van der Waals surface area contributed by atoms with E-state index in [0.29, 0.717) is 16.5 Å². The molecule has 1 aliphatic rings. The fourth-order valence-electron chi connectivity index (χ4n) is 2.84. The second-order valence-electron chi connectivity index (χ2n) is 6.06.